The van der Waals surface area contributed by atoms with Gasteiger partial charge in [-0.1, -0.05) is 0 Å². The SMILES string of the molecule is CC1(C)OC(=C2C(=O)Nc3ccc(F)cc32)C=C1c1ccc(N2CCN(CCOCCO)CC2)nc1. The van der Waals surface area contributed by atoms with E-state index in [0.29, 0.717) is 35.8 Å². The Morgan fingerprint density at radius 1 is 1.17 bits per heavy atom. The molecule has 1 saturated heterocycles. The van der Waals surface area contributed by atoms with Crippen LogP contribution in [0.1, 0.15) is 25.0 Å². The molecule has 190 valence electrons. The summed E-state index contributed by atoms with van der Waals surface area (Å²) < 4.78 is 25.5. The molecule has 9 heteroatoms. The van der Waals surface area contributed by atoms with E-state index in [2.05, 4.69) is 15.1 Å². The van der Waals surface area contributed by atoms with Crippen LogP contribution in [-0.2, 0) is 14.3 Å². The molecule has 1 fully saturated rings. The van der Waals surface area contributed by atoms with Gasteiger partial charge in [0.1, 0.15) is 23.0 Å². The second kappa shape index (κ2) is 10.0. The quantitative estimate of drug-likeness (QED) is 0.452. The van der Waals surface area contributed by atoms with E-state index in [-0.39, 0.29) is 12.5 Å². The first-order chi connectivity index (χ1) is 17.4. The summed E-state index contributed by atoms with van der Waals surface area (Å²) in [5.41, 5.74) is 2.58. The molecule has 0 bridgehead atoms. The molecule has 0 radical (unpaired) electrons. The van der Waals surface area contributed by atoms with Gasteiger partial charge in [-0.05, 0) is 50.3 Å². The first-order valence-electron chi connectivity index (χ1n) is 12.2. The maximum Gasteiger partial charge on any atom is 0.260 e. The molecule has 2 N–H and O–H groups in total. The summed E-state index contributed by atoms with van der Waals surface area (Å²) in [4.78, 5) is 22.0. The van der Waals surface area contributed by atoms with E-state index in [1.807, 2.05) is 38.3 Å². The number of nitrogens with zero attached hydrogens (tertiary/aromatic N) is 3. The van der Waals surface area contributed by atoms with Gasteiger partial charge in [0.05, 0.1) is 25.4 Å². The second-order valence-corrected chi connectivity index (χ2v) is 9.62. The van der Waals surface area contributed by atoms with Crippen LogP contribution in [0.25, 0.3) is 11.1 Å². The molecular formula is C27H31FN4O4. The van der Waals surface area contributed by atoms with Crippen LogP contribution in [0.5, 0.6) is 0 Å². The topological polar surface area (TPSA) is 87.2 Å². The van der Waals surface area contributed by atoms with E-state index < -0.39 is 11.4 Å². The van der Waals surface area contributed by atoms with Gasteiger partial charge in [0.25, 0.3) is 5.91 Å². The van der Waals surface area contributed by atoms with Gasteiger partial charge in [-0.15, -0.1) is 0 Å². The highest BCUT2D eigenvalue weighted by molar-refractivity contribution is 6.32. The van der Waals surface area contributed by atoms with Crippen molar-refractivity contribution in [3.8, 4) is 0 Å². The monoisotopic (exact) mass is 494 g/mol. The maximum atomic E-state index is 13.9. The smallest absolute Gasteiger partial charge is 0.260 e. The van der Waals surface area contributed by atoms with Crippen LogP contribution < -0.4 is 10.2 Å². The minimum Gasteiger partial charge on any atom is -0.482 e. The third kappa shape index (κ3) is 4.86. The molecule has 0 atom stereocenters. The Kier molecular flexibility index (Phi) is 6.79. The Morgan fingerprint density at radius 3 is 2.69 bits per heavy atom. The number of benzene rings is 1. The third-order valence-corrected chi connectivity index (χ3v) is 6.80. The predicted octanol–water partition coefficient (Wildman–Crippen LogP) is 2.91. The Morgan fingerprint density at radius 2 is 1.97 bits per heavy atom. The molecule has 2 aromatic rings. The van der Waals surface area contributed by atoms with Crippen molar-refractivity contribution in [3.05, 3.63) is 65.3 Å². The number of allylic oxidation sites excluding steroid dienone is 1. The van der Waals surface area contributed by atoms with Crippen LogP contribution in [-0.4, -0.2) is 79.0 Å². The van der Waals surface area contributed by atoms with Crippen LogP contribution in [0.4, 0.5) is 15.9 Å². The van der Waals surface area contributed by atoms with E-state index in [0.717, 1.165) is 49.7 Å². The highest BCUT2D eigenvalue weighted by Crippen LogP contribution is 2.44. The van der Waals surface area contributed by atoms with Crippen molar-refractivity contribution in [1.82, 2.24) is 9.88 Å². The minimum absolute atomic E-state index is 0.0533. The number of hydrogen-bond donors (Lipinski definition) is 2. The van der Waals surface area contributed by atoms with Gasteiger partial charge in [0.15, 0.2) is 0 Å². The largest absolute Gasteiger partial charge is 0.482 e. The summed E-state index contributed by atoms with van der Waals surface area (Å²) in [5.74, 6) is 0.650. The molecule has 3 aliphatic heterocycles. The molecule has 1 aromatic carbocycles. The molecule has 0 saturated carbocycles. The molecule has 5 rings (SSSR count). The summed E-state index contributed by atoms with van der Waals surface area (Å²) in [7, 11) is 0. The van der Waals surface area contributed by atoms with Gasteiger partial charge in [-0.25, -0.2) is 9.37 Å². The number of hydrogen-bond acceptors (Lipinski definition) is 7. The number of fused-ring (bicyclic) bond motifs is 1. The van der Waals surface area contributed by atoms with Crippen molar-refractivity contribution in [1.29, 1.82) is 0 Å². The summed E-state index contributed by atoms with van der Waals surface area (Å²) in [6.07, 6.45) is 3.71. The molecule has 8 nitrogen and oxygen atoms in total. The van der Waals surface area contributed by atoms with Gasteiger partial charge in [0, 0.05) is 61.3 Å². The first-order valence-corrected chi connectivity index (χ1v) is 12.2. The fraction of sp³-hybridized carbons (Fsp3) is 0.407. The fourth-order valence-corrected chi connectivity index (χ4v) is 4.90. The molecule has 3 aliphatic rings. The molecular weight excluding hydrogens is 463 g/mol. The van der Waals surface area contributed by atoms with E-state index >= 15 is 0 Å². The number of anilines is 2. The lowest BCUT2D eigenvalue weighted by Crippen LogP contribution is -2.47. The van der Waals surface area contributed by atoms with Crippen LogP contribution in [0.15, 0.2) is 48.4 Å². The number of carbonyl (C=O) groups excluding carboxylic acids is 1. The third-order valence-electron chi connectivity index (χ3n) is 6.80. The van der Waals surface area contributed by atoms with Crippen LogP contribution >= 0.6 is 0 Å². The molecule has 1 aromatic heterocycles. The first kappa shape index (κ1) is 24.4. The van der Waals surface area contributed by atoms with Crippen molar-refractivity contribution in [3.63, 3.8) is 0 Å². The summed E-state index contributed by atoms with van der Waals surface area (Å²) in [5, 5.41) is 11.6. The summed E-state index contributed by atoms with van der Waals surface area (Å²) in [6, 6.07) is 8.30. The standard InChI is InChI=1S/C27H31FN4O4/c1-27(2)21(16-23(36-27)25-20-15-19(28)4-5-22(20)30-26(25)34)18-3-6-24(29-17-18)32-9-7-31(8-10-32)11-13-35-14-12-33/h3-6,15-17,33H,7-14H2,1-2H3,(H,30,34). The number of pyridine rings is 1. The Labute approximate surface area is 210 Å². The molecule has 0 aliphatic carbocycles. The lowest BCUT2D eigenvalue weighted by molar-refractivity contribution is -0.111. The number of aliphatic hydroxyl groups excluding tert-OH is 1. The van der Waals surface area contributed by atoms with Crippen molar-refractivity contribution >= 4 is 28.6 Å². The number of rotatable bonds is 7. The van der Waals surface area contributed by atoms with Crippen molar-refractivity contribution in [2.75, 3.05) is 62.8 Å². The van der Waals surface area contributed by atoms with Crippen molar-refractivity contribution in [2.24, 2.45) is 0 Å². The average molecular weight is 495 g/mol. The second-order valence-electron chi connectivity index (χ2n) is 9.62. The minimum atomic E-state index is -0.675. The zero-order valence-electron chi connectivity index (χ0n) is 20.6. The molecule has 0 unspecified atom stereocenters. The molecule has 4 heterocycles. The maximum absolute atomic E-state index is 13.9. The number of nitrogens with one attached hydrogen (secondary N) is 1. The Hall–Kier alpha value is -3.27. The van der Waals surface area contributed by atoms with Gasteiger partial charge < -0.3 is 24.8 Å². The van der Waals surface area contributed by atoms with Crippen LogP contribution in [0.2, 0.25) is 0 Å². The summed E-state index contributed by atoms with van der Waals surface area (Å²) >= 11 is 0. The highest BCUT2D eigenvalue weighted by atomic mass is 19.1. The number of aliphatic hydroxyl groups is 1. The number of halogens is 1. The summed E-state index contributed by atoms with van der Waals surface area (Å²) in [6.45, 7) is 9.43. The van der Waals surface area contributed by atoms with Crippen LogP contribution in [0, 0.1) is 5.82 Å². The van der Waals surface area contributed by atoms with E-state index in [1.54, 1.807) is 6.07 Å². The lowest BCUT2D eigenvalue weighted by Gasteiger charge is -2.35. The van der Waals surface area contributed by atoms with Crippen molar-refractivity contribution in [2.45, 2.75) is 19.4 Å². The highest BCUT2D eigenvalue weighted by Gasteiger charge is 2.38. The number of amides is 1. The van der Waals surface area contributed by atoms with E-state index in [9.17, 15) is 9.18 Å². The van der Waals surface area contributed by atoms with Gasteiger partial charge in [0.2, 0.25) is 0 Å². The van der Waals surface area contributed by atoms with Gasteiger partial charge in [-0.2, -0.15) is 0 Å². The number of ether oxygens (including phenoxy) is 2. The zero-order chi connectivity index (χ0) is 25.3. The fourth-order valence-electron chi connectivity index (χ4n) is 4.90. The predicted molar refractivity (Wildman–Crippen MR) is 136 cm³/mol. The van der Waals surface area contributed by atoms with Gasteiger partial charge >= 0.3 is 0 Å². The molecule has 36 heavy (non-hydrogen) atoms. The van der Waals surface area contributed by atoms with E-state index in [4.69, 9.17) is 19.6 Å². The van der Waals surface area contributed by atoms with E-state index in [1.165, 1.54) is 12.1 Å². The Balaban J connectivity index is 1.31. The number of carbonyl (C=O) groups is 1. The van der Waals surface area contributed by atoms with Crippen molar-refractivity contribution < 1.29 is 23.8 Å². The average Bonchev–Trinajstić information content (AvgIpc) is 3.36. The molecule has 0 spiro atoms. The molecule has 1 amide bonds. The van der Waals surface area contributed by atoms with Gasteiger partial charge in [-0.3, -0.25) is 9.69 Å². The Bertz CT molecular complexity index is 1200. The lowest BCUT2D eigenvalue weighted by atomic mass is 9.93. The zero-order valence-corrected chi connectivity index (χ0v) is 20.6. The number of aromatic nitrogens is 1. The normalized spacial score (nSPS) is 21.3. The number of piperazine rings is 1. The van der Waals surface area contributed by atoms with Crippen LogP contribution in [0.3, 0.4) is 0 Å².